The summed E-state index contributed by atoms with van der Waals surface area (Å²) in [4.78, 5) is 0. The van der Waals surface area contributed by atoms with Gasteiger partial charge in [0.25, 0.3) is 0 Å². The Morgan fingerprint density at radius 3 is 2.29 bits per heavy atom. The van der Waals surface area contributed by atoms with Crippen LogP contribution in [0.15, 0.2) is 42.5 Å². The van der Waals surface area contributed by atoms with Gasteiger partial charge in [0.05, 0.1) is 23.4 Å². The van der Waals surface area contributed by atoms with E-state index in [0.29, 0.717) is 12.2 Å². The van der Waals surface area contributed by atoms with Crippen LogP contribution in [0.4, 0.5) is 5.69 Å². The second-order valence-electron chi connectivity index (χ2n) is 9.43. The van der Waals surface area contributed by atoms with Gasteiger partial charge in [0.1, 0.15) is 11.8 Å². The number of nitriles is 1. The van der Waals surface area contributed by atoms with Crippen LogP contribution in [0.1, 0.15) is 78.3 Å². The summed E-state index contributed by atoms with van der Waals surface area (Å²) in [5, 5.41) is 11.1. The summed E-state index contributed by atoms with van der Waals surface area (Å²) in [5.41, 5.74) is 4.28. The zero-order valence-electron chi connectivity index (χ0n) is 21.8. The van der Waals surface area contributed by atoms with Gasteiger partial charge in [0.15, 0.2) is 0 Å². The molecule has 0 aliphatic heterocycles. The number of aromatic nitrogens is 1. The van der Waals surface area contributed by atoms with Gasteiger partial charge in [-0.25, -0.2) is 4.21 Å². The number of anilines is 1. The maximum atomic E-state index is 12.7. The topological polar surface area (TPSA) is 67.1 Å². The molecule has 35 heavy (non-hydrogen) atoms. The number of ether oxygens (including phenoxy) is 1. The van der Waals surface area contributed by atoms with Crippen LogP contribution in [0.3, 0.4) is 0 Å². The Labute approximate surface area is 211 Å². The Morgan fingerprint density at radius 1 is 1.11 bits per heavy atom. The molecular formula is C29H39N3O2S. The third-order valence-corrected chi connectivity index (χ3v) is 8.22. The molecule has 1 heterocycles. The zero-order valence-corrected chi connectivity index (χ0v) is 22.6. The summed E-state index contributed by atoms with van der Waals surface area (Å²) >= 11 is 0. The second-order valence-corrected chi connectivity index (χ2v) is 11.8. The van der Waals surface area contributed by atoms with Crippen LogP contribution >= 0.6 is 0 Å². The van der Waals surface area contributed by atoms with Crippen LogP contribution in [0.5, 0.6) is 5.75 Å². The van der Waals surface area contributed by atoms with Crippen molar-refractivity contribution in [3.05, 3.63) is 48.0 Å². The number of nitrogens with zero attached hydrogens (tertiary/aromatic N) is 2. The highest BCUT2D eigenvalue weighted by Gasteiger charge is 2.30. The Balaban J connectivity index is 0.000000795. The largest absolute Gasteiger partial charge is 0.494 e. The van der Waals surface area contributed by atoms with E-state index in [1.807, 2.05) is 42.5 Å². The minimum atomic E-state index is -2.31. The van der Waals surface area contributed by atoms with Gasteiger partial charge in [-0.3, -0.25) is 0 Å². The monoisotopic (exact) mass is 493 g/mol. The summed E-state index contributed by atoms with van der Waals surface area (Å²) in [7, 11) is -2.31. The lowest BCUT2D eigenvalue weighted by atomic mass is 10.1. The molecule has 0 spiro atoms. The molecule has 1 aliphatic carbocycles. The molecule has 6 heteroatoms. The fourth-order valence-corrected chi connectivity index (χ4v) is 5.56. The Hall–Kier alpha value is -2.91. The number of benzene rings is 2. The molecule has 1 fully saturated rings. The van der Waals surface area contributed by atoms with Gasteiger partial charge in [-0.15, -0.1) is 0 Å². The molecule has 3 aromatic rings. The Kier molecular flexibility index (Phi) is 8.91. The van der Waals surface area contributed by atoms with E-state index in [9.17, 15) is 9.47 Å². The minimum Gasteiger partial charge on any atom is -0.494 e. The number of fused-ring (bicyclic) bond motifs is 1. The van der Waals surface area contributed by atoms with Crippen molar-refractivity contribution in [3.63, 3.8) is 0 Å². The van der Waals surface area contributed by atoms with E-state index in [0.717, 1.165) is 52.9 Å². The molecule has 1 atom stereocenters. The minimum absolute atomic E-state index is 0.160. The third-order valence-electron chi connectivity index (χ3n) is 6.09. The van der Waals surface area contributed by atoms with E-state index in [1.165, 1.54) is 12.8 Å². The molecule has 1 aromatic heterocycles. The first-order chi connectivity index (χ1) is 16.8. The molecule has 188 valence electrons. The van der Waals surface area contributed by atoms with Crippen molar-refractivity contribution in [3.8, 4) is 23.1 Å². The molecule has 4 rings (SSSR count). The smallest absolute Gasteiger partial charge is 0.121 e. The summed E-state index contributed by atoms with van der Waals surface area (Å²) in [6.07, 6.45) is 5.52. The van der Waals surface area contributed by atoms with Crippen LogP contribution in [0, 0.1) is 11.3 Å². The van der Waals surface area contributed by atoms with Gasteiger partial charge in [-0.1, -0.05) is 45.7 Å². The van der Waals surface area contributed by atoms with E-state index in [-0.39, 0.29) is 11.3 Å². The number of unbranched alkanes of at least 4 members (excludes halogenated alkanes) is 1. The fourth-order valence-electron chi connectivity index (χ4n) is 3.96. The van der Waals surface area contributed by atoms with Crippen molar-refractivity contribution < 1.29 is 8.95 Å². The van der Waals surface area contributed by atoms with Crippen LogP contribution < -0.4 is 9.46 Å². The molecule has 0 bridgehead atoms. The maximum absolute atomic E-state index is 12.7. The van der Waals surface area contributed by atoms with Crippen molar-refractivity contribution in [2.75, 3.05) is 11.3 Å². The second kappa shape index (κ2) is 11.7. The quantitative estimate of drug-likeness (QED) is 0.313. The van der Waals surface area contributed by atoms with Crippen molar-refractivity contribution in [2.45, 2.75) is 78.0 Å². The van der Waals surface area contributed by atoms with Gasteiger partial charge >= 0.3 is 0 Å². The third kappa shape index (κ3) is 6.21. The van der Waals surface area contributed by atoms with Gasteiger partial charge in [0.2, 0.25) is 0 Å². The lowest BCUT2D eigenvalue weighted by Gasteiger charge is -2.16. The van der Waals surface area contributed by atoms with E-state index < -0.39 is 9.71 Å². The van der Waals surface area contributed by atoms with Crippen molar-refractivity contribution in [1.82, 2.24) is 4.57 Å². The first kappa shape index (κ1) is 26.7. The number of rotatable bonds is 9. The zero-order chi connectivity index (χ0) is 25.6. The van der Waals surface area contributed by atoms with Gasteiger partial charge in [0, 0.05) is 38.1 Å². The summed E-state index contributed by atoms with van der Waals surface area (Å²) < 4.78 is 23.8. The lowest BCUT2D eigenvalue weighted by Crippen LogP contribution is -2.16. The Morgan fingerprint density at radius 2 is 1.77 bits per heavy atom. The molecule has 1 aliphatic rings. The molecule has 1 saturated carbocycles. The summed E-state index contributed by atoms with van der Waals surface area (Å²) in [6, 6.07) is 16.3. The van der Waals surface area contributed by atoms with Crippen LogP contribution in [0.25, 0.3) is 22.2 Å². The highest BCUT2D eigenvalue weighted by Crippen LogP contribution is 2.38. The van der Waals surface area contributed by atoms with Crippen molar-refractivity contribution >= 4 is 32.2 Å². The van der Waals surface area contributed by atoms with Gasteiger partial charge in [-0.05, 0) is 68.8 Å². The number of nitrogens with one attached hydrogen (secondary N) is 1. The standard InChI is InChI=1S/C25H29N3O2S.C4H10/c1-5-14-30-20-10-13-22-23(16-26)25(28(17(2)3)24(22)15-20)18-6-8-19(9-7-18)27-31(4,29)21-11-12-21;1-3-4-2/h6-10,13,15,17,21H,4-5,11-12,14H2,1-3H3,(H,27,29);3-4H2,1-2H3. The Bertz CT molecular complexity index is 1280. The molecular weight excluding hydrogens is 454 g/mol. The molecule has 5 nitrogen and oxygen atoms in total. The first-order valence-corrected chi connectivity index (χ1v) is 14.5. The molecule has 1 unspecified atom stereocenters. The van der Waals surface area contributed by atoms with E-state index in [4.69, 9.17) is 4.74 Å². The highest BCUT2D eigenvalue weighted by atomic mass is 32.2. The summed E-state index contributed by atoms with van der Waals surface area (Å²) in [6.45, 7) is 11.3. The lowest BCUT2D eigenvalue weighted by molar-refractivity contribution is 0.317. The van der Waals surface area contributed by atoms with Gasteiger partial charge in [-0.2, -0.15) is 5.26 Å². The molecule has 0 saturated heterocycles. The SMILES string of the molecule is C=S(=O)(Nc1ccc(-c2c(C#N)c3ccc(OCCC)cc3n2C(C)C)cc1)C1CC1.CCCC. The van der Waals surface area contributed by atoms with E-state index >= 15 is 0 Å². The molecule has 0 amide bonds. The molecule has 0 radical (unpaired) electrons. The maximum Gasteiger partial charge on any atom is 0.121 e. The predicted octanol–water partition coefficient (Wildman–Crippen LogP) is 7.56. The molecule has 1 N–H and O–H groups in total. The fraction of sp³-hybridized carbons (Fsp3) is 0.448. The first-order valence-electron chi connectivity index (χ1n) is 12.7. The molecule has 2 aromatic carbocycles. The van der Waals surface area contributed by atoms with Crippen LogP contribution in [-0.4, -0.2) is 26.5 Å². The van der Waals surface area contributed by atoms with E-state index in [1.54, 1.807) is 0 Å². The number of hydrogen-bond acceptors (Lipinski definition) is 3. The van der Waals surface area contributed by atoms with Gasteiger partial charge < -0.3 is 14.0 Å². The van der Waals surface area contributed by atoms with Crippen molar-refractivity contribution in [1.29, 1.82) is 5.26 Å². The average Bonchev–Trinajstić information content (AvgIpc) is 3.65. The number of hydrogen-bond donors (Lipinski definition) is 1. The predicted molar refractivity (Wildman–Crippen MR) is 151 cm³/mol. The summed E-state index contributed by atoms with van der Waals surface area (Å²) in [5.74, 6) is 4.70. The van der Waals surface area contributed by atoms with Crippen LogP contribution in [0.2, 0.25) is 0 Å². The van der Waals surface area contributed by atoms with Crippen LogP contribution in [-0.2, 0) is 9.71 Å². The average molecular weight is 494 g/mol. The normalized spacial score (nSPS) is 14.7. The highest BCUT2D eigenvalue weighted by molar-refractivity contribution is 8.02. The van der Waals surface area contributed by atoms with Crippen molar-refractivity contribution in [2.24, 2.45) is 0 Å². The van der Waals surface area contributed by atoms with E-state index in [2.05, 4.69) is 55.8 Å².